The standard InChI is InChI=1S/C17H12O6/c1-8(18)23-12-7-6-10-14(16(12)20)17(21)13-9(15(10)19)4-3-5-11(13)22-2/h3-7,20H,1-2H3. The lowest BCUT2D eigenvalue weighted by Gasteiger charge is -2.21. The van der Waals surface area contributed by atoms with Crippen LogP contribution in [0.25, 0.3) is 0 Å². The third-order valence-electron chi connectivity index (χ3n) is 3.58. The van der Waals surface area contributed by atoms with Crippen LogP contribution in [0.15, 0.2) is 30.3 Å². The summed E-state index contributed by atoms with van der Waals surface area (Å²) in [6, 6.07) is 7.34. The largest absolute Gasteiger partial charge is 0.504 e. The summed E-state index contributed by atoms with van der Waals surface area (Å²) in [6.07, 6.45) is 0. The molecule has 6 heteroatoms. The molecule has 0 fully saturated rings. The molecule has 0 saturated heterocycles. The van der Waals surface area contributed by atoms with Gasteiger partial charge in [-0.15, -0.1) is 0 Å². The molecule has 0 radical (unpaired) electrons. The molecule has 1 N–H and O–H groups in total. The number of esters is 1. The number of carbonyl (C=O) groups excluding carboxylic acids is 3. The molecule has 2 aromatic carbocycles. The third-order valence-corrected chi connectivity index (χ3v) is 3.58. The van der Waals surface area contributed by atoms with Gasteiger partial charge in [0.1, 0.15) is 5.75 Å². The van der Waals surface area contributed by atoms with Crippen molar-refractivity contribution in [2.75, 3.05) is 7.11 Å². The Morgan fingerprint density at radius 1 is 0.957 bits per heavy atom. The lowest BCUT2D eigenvalue weighted by Crippen LogP contribution is -2.22. The molecule has 0 aliphatic heterocycles. The summed E-state index contributed by atoms with van der Waals surface area (Å²) in [5.74, 6) is -2.07. The molecular weight excluding hydrogens is 300 g/mol. The van der Waals surface area contributed by atoms with Gasteiger partial charge >= 0.3 is 5.97 Å². The number of aromatic hydroxyl groups is 1. The predicted octanol–water partition coefficient (Wildman–Crippen LogP) is 2.10. The molecule has 1 aliphatic rings. The molecule has 0 amide bonds. The molecule has 0 atom stereocenters. The quantitative estimate of drug-likeness (QED) is 0.576. The second-order valence-electron chi connectivity index (χ2n) is 4.97. The van der Waals surface area contributed by atoms with E-state index in [0.717, 1.165) is 0 Å². The van der Waals surface area contributed by atoms with Crippen molar-refractivity contribution in [2.24, 2.45) is 0 Å². The number of phenolic OH excluding ortho intramolecular Hbond substituents is 1. The van der Waals surface area contributed by atoms with Gasteiger partial charge in [-0.25, -0.2) is 0 Å². The van der Waals surface area contributed by atoms with Gasteiger partial charge in [-0.2, -0.15) is 0 Å². The Balaban J connectivity index is 2.26. The van der Waals surface area contributed by atoms with E-state index in [-0.39, 0.29) is 33.8 Å². The number of benzene rings is 2. The van der Waals surface area contributed by atoms with Crippen molar-refractivity contribution in [1.29, 1.82) is 0 Å². The first-order valence-corrected chi connectivity index (χ1v) is 6.76. The van der Waals surface area contributed by atoms with E-state index in [2.05, 4.69) is 0 Å². The number of hydrogen-bond acceptors (Lipinski definition) is 6. The smallest absolute Gasteiger partial charge is 0.308 e. The Hall–Kier alpha value is -3.15. The maximum Gasteiger partial charge on any atom is 0.308 e. The van der Waals surface area contributed by atoms with Crippen LogP contribution in [0, 0.1) is 0 Å². The number of carbonyl (C=O) groups is 3. The fraction of sp³-hybridized carbons (Fsp3) is 0.118. The number of methoxy groups -OCH3 is 1. The summed E-state index contributed by atoms with van der Waals surface area (Å²) in [4.78, 5) is 36.4. The fourth-order valence-electron chi connectivity index (χ4n) is 2.62. The molecule has 0 saturated carbocycles. The van der Waals surface area contributed by atoms with Crippen LogP contribution in [-0.2, 0) is 4.79 Å². The molecule has 23 heavy (non-hydrogen) atoms. The van der Waals surface area contributed by atoms with Gasteiger partial charge < -0.3 is 14.6 Å². The average Bonchev–Trinajstić information content (AvgIpc) is 2.53. The molecule has 2 aromatic rings. The van der Waals surface area contributed by atoms with Gasteiger partial charge in [-0.1, -0.05) is 12.1 Å². The fourth-order valence-corrected chi connectivity index (χ4v) is 2.62. The van der Waals surface area contributed by atoms with E-state index in [4.69, 9.17) is 9.47 Å². The zero-order valence-corrected chi connectivity index (χ0v) is 12.4. The maximum absolute atomic E-state index is 12.8. The van der Waals surface area contributed by atoms with Crippen LogP contribution in [0.3, 0.4) is 0 Å². The van der Waals surface area contributed by atoms with Crippen molar-refractivity contribution in [1.82, 2.24) is 0 Å². The maximum atomic E-state index is 12.8. The number of fused-ring (bicyclic) bond motifs is 2. The van der Waals surface area contributed by atoms with Gasteiger partial charge in [-0.3, -0.25) is 14.4 Å². The number of ketones is 2. The van der Waals surface area contributed by atoms with Crippen LogP contribution in [0.5, 0.6) is 17.2 Å². The van der Waals surface area contributed by atoms with E-state index in [1.54, 1.807) is 12.1 Å². The van der Waals surface area contributed by atoms with E-state index < -0.39 is 23.3 Å². The predicted molar refractivity (Wildman–Crippen MR) is 79.3 cm³/mol. The van der Waals surface area contributed by atoms with Crippen molar-refractivity contribution in [2.45, 2.75) is 6.92 Å². The average molecular weight is 312 g/mol. The van der Waals surface area contributed by atoms with Crippen molar-refractivity contribution < 1.29 is 29.0 Å². The monoisotopic (exact) mass is 312 g/mol. The van der Waals surface area contributed by atoms with Crippen LogP contribution in [0.4, 0.5) is 0 Å². The molecule has 0 heterocycles. The Bertz CT molecular complexity index is 866. The van der Waals surface area contributed by atoms with E-state index in [0.29, 0.717) is 0 Å². The first-order chi connectivity index (χ1) is 11.0. The first kappa shape index (κ1) is 14.8. The molecule has 0 bridgehead atoms. The van der Waals surface area contributed by atoms with E-state index >= 15 is 0 Å². The van der Waals surface area contributed by atoms with Gasteiger partial charge in [0.2, 0.25) is 5.78 Å². The molecular formula is C17H12O6. The van der Waals surface area contributed by atoms with Crippen molar-refractivity contribution in [3.63, 3.8) is 0 Å². The van der Waals surface area contributed by atoms with Crippen LogP contribution < -0.4 is 9.47 Å². The van der Waals surface area contributed by atoms with E-state index in [1.807, 2.05) is 0 Å². The lowest BCUT2D eigenvalue weighted by atomic mass is 9.83. The highest BCUT2D eigenvalue weighted by atomic mass is 16.5. The minimum Gasteiger partial charge on any atom is -0.504 e. The highest BCUT2D eigenvalue weighted by Gasteiger charge is 2.35. The summed E-state index contributed by atoms with van der Waals surface area (Å²) in [5.41, 5.74) is 0.166. The topological polar surface area (TPSA) is 89.9 Å². The Labute approximate surface area is 131 Å². The number of ether oxygens (including phenoxy) is 2. The van der Waals surface area contributed by atoms with Crippen LogP contribution in [0.2, 0.25) is 0 Å². The van der Waals surface area contributed by atoms with Crippen molar-refractivity contribution in [3.8, 4) is 17.2 Å². The molecule has 0 spiro atoms. The van der Waals surface area contributed by atoms with Crippen molar-refractivity contribution >= 4 is 17.5 Å². The summed E-state index contributed by atoms with van der Waals surface area (Å²) < 4.78 is 10.00. The van der Waals surface area contributed by atoms with Gasteiger partial charge in [-0.05, 0) is 18.2 Å². The zero-order chi connectivity index (χ0) is 16.7. The second kappa shape index (κ2) is 5.24. The van der Waals surface area contributed by atoms with Crippen molar-refractivity contribution in [3.05, 3.63) is 52.6 Å². The Morgan fingerprint density at radius 3 is 2.30 bits per heavy atom. The van der Waals surface area contributed by atoms with E-state index in [1.165, 1.54) is 32.2 Å². The third kappa shape index (κ3) is 2.15. The normalized spacial score (nSPS) is 12.4. The summed E-state index contributed by atoms with van der Waals surface area (Å²) in [7, 11) is 1.39. The number of phenols is 1. The molecule has 6 nitrogen and oxygen atoms in total. The van der Waals surface area contributed by atoms with Crippen LogP contribution in [0.1, 0.15) is 38.8 Å². The van der Waals surface area contributed by atoms with Gasteiger partial charge in [0, 0.05) is 18.1 Å². The SMILES string of the molecule is COc1cccc2c1C(=O)c1c(ccc(OC(C)=O)c1O)C2=O. The van der Waals surface area contributed by atoms with Gasteiger partial charge in [0.15, 0.2) is 17.3 Å². The zero-order valence-electron chi connectivity index (χ0n) is 12.4. The van der Waals surface area contributed by atoms with Gasteiger partial charge in [0.05, 0.1) is 18.2 Å². The van der Waals surface area contributed by atoms with Gasteiger partial charge in [0.25, 0.3) is 0 Å². The number of hydrogen-bond donors (Lipinski definition) is 1. The highest BCUT2D eigenvalue weighted by molar-refractivity contribution is 6.30. The summed E-state index contributed by atoms with van der Waals surface area (Å²) in [6.45, 7) is 1.17. The molecule has 0 unspecified atom stereocenters. The molecule has 116 valence electrons. The molecule has 1 aliphatic carbocycles. The molecule has 3 rings (SSSR count). The first-order valence-electron chi connectivity index (χ1n) is 6.76. The second-order valence-corrected chi connectivity index (χ2v) is 4.97. The van der Waals surface area contributed by atoms with Crippen LogP contribution in [-0.4, -0.2) is 29.8 Å². The lowest BCUT2D eigenvalue weighted by molar-refractivity contribution is -0.132. The highest BCUT2D eigenvalue weighted by Crippen LogP contribution is 2.40. The Morgan fingerprint density at radius 2 is 1.65 bits per heavy atom. The minimum absolute atomic E-state index is 0.0594. The summed E-state index contributed by atoms with van der Waals surface area (Å²) >= 11 is 0. The molecule has 0 aromatic heterocycles. The van der Waals surface area contributed by atoms with Crippen LogP contribution >= 0.6 is 0 Å². The summed E-state index contributed by atoms with van der Waals surface area (Å²) in [5, 5.41) is 10.3. The minimum atomic E-state index is -0.646. The number of rotatable bonds is 2. The van der Waals surface area contributed by atoms with E-state index in [9.17, 15) is 19.5 Å². The Kier molecular flexibility index (Phi) is 3.37.